The smallest absolute Gasteiger partial charge is 0.236 e. The third-order valence-electron chi connectivity index (χ3n) is 4.61. The van der Waals surface area contributed by atoms with Gasteiger partial charge in [-0.25, -0.2) is 0 Å². The Hall–Kier alpha value is -0.910. The molecule has 1 saturated heterocycles. The van der Waals surface area contributed by atoms with Crippen LogP contribution in [-0.4, -0.2) is 54.5 Å². The standard InChI is InChI=1S/C16H25N3OS/c20-16(11-17-15-3-1-2-4-15)19-8-6-18(7-9-19)12-14-5-10-21-13-14/h5,10,13,15,17H,1-4,6-9,11-12H2. The Morgan fingerprint density at radius 2 is 2.00 bits per heavy atom. The fourth-order valence-corrected chi connectivity index (χ4v) is 3.93. The predicted octanol–water partition coefficient (Wildman–Crippen LogP) is 1.92. The van der Waals surface area contributed by atoms with Gasteiger partial charge < -0.3 is 10.2 Å². The van der Waals surface area contributed by atoms with E-state index in [1.807, 2.05) is 4.90 Å². The summed E-state index contributed by atoms with van der Waals surface area (Å²) in [6.45, 7) is 5.27. The van der Waals surface area contributed by atoms with Crippen molar-refractivity contribution in [3.8, 4) is 0 Å². The van der Waals surface area contributed by atoms with Crippen LogP contribution < -0.4 is 5.32 Å². The van der Waals surface area contributed by atoms with Gasteiger partial charge in [0, 0.05) is 38.8 Å². The van der Waals surface area contributed by atoms with Gasteiger partial charge in [-0.05, 0) is 35.2 Å². The molecule has 1 aromatic heterocycles. The van der Waals surface area contributed by atoms with Crippen LogP contribution in [0, 0.1) is 0 Å². The predicted molar refractivity (Wildman–Crippen MR) is 86.4 cm³/mol. The average Bonchev–Trinajstić information content (AvgIpc) is 3.19. The lowest BCUT2D eigenvalue weighted by molar-refractivity contribution is -0.132. The van der Waals surface area contributed by atoms with Crippen molar-refractivity contribution in [3.05, 3.63) is 22.4 Å². The van der Waals surface area contributed by atoms with Gasteiger partial charge in [0.05, 0.1) is 6.54 Å². The number of piperazine rings is 1. The molecule has 0 aromatic carbocycles. The molecule has 2 heterocycles. The zero-order chi connectivity index (χ0) is 14.5. The summed E-state index contributed by atoms with van der Waals surface area (Å²) < 4.78 is 0. The highest BCUT2D eigenvalue weighted by Gasteiger charge is 2.22. The minimum atomic E-state index is 0.275. The molecule has 0 atom stereocenters. The molecule has 1 N–H and O–H groups in total. The average molecular weight is 307 g/mol. The molecule has 5 heteroatoms. The highest BCUT2D eigenvalue weighted by Crippen LogP contribution is 2.17. The summed E-state index contributed by atoms with van der Waals surface area (Å²) in [7, 11) is 0. The molecule has 1 amide bonds. The van der Waals surface area contributed by atoms with Crippen LogP contribution in [0.2, 0.25) is 0 Å². The molecule has 4 nitrogen and oxygen atoms in total. The van der Waals surface area contributed by atoms with Gasteiger partial charge in [-0.1, -0.05) is 12.8 Å². The molecule has 2 aliphatic rings. The van der Waals surface area contributed by atoms with E-state index in [-0.39, 0.29) is 5.91 Å². The normalized spacial score (nSPS) is 21.0. The van der Waals surface area contributed by atoms with Crippen LogP contribution >= 0.6 is 11.3 Å². The number of nitrogens with zero attached hydrogens (tertiary/aromatic N) is 2. The van der Waals surface area contributed by atoms with Crippen molar-refractivity contribution in [2.75, 3.05) is 32.7 Å². The Bertz CT molecular complexity index is 434. The van der Waals surface area contributed by atoms with Crippen molar-refractivity contribution in [3.63, 3.8) is 0 Å². The zero-order valence-electron chi connectivity index (χ0n) is 12.6. The van der Waals surface area contributed by atoms with E-state index in [0.29, 0.717) is 12.6 Å². The molecule has 1 aromatic rings. The largest absolute Gasteiger partial charge is 0.339 e. The first-order valence-electron chi connectivity index (χ1n) is 8.06. The van der Waals surface area contributed by atoms with E-state index < -0.39 is 0 Å². The second-order valence-electron chi connectivity index (χ2n) is 6.15. The fraction of sp³-hybridized carbons (Fsp3) is 0.688. The van der Waals surface area contributed by atoms with Crippen LogP contribution in [0.15, 0.2) is 16.8 Å². The number of nitrogens with one attached hydrogen (secondary N) is 1. The van der Waals surface area contributed by atoms with Gasteiger partial charge in [0.1, 0.15) is 0 Å². The third-order valence-corrected chi connectivity index (χ3v) is 5.34. The van der Waals surface area contributed by atoms with E-state index in [1.165, 1.54) is 31.2 Å². The molecule has 21 heavy (non-hydrogen) atoms. The quantitative estimate of drug-likeness (QED) is 0.903. The second kappa shape index (κ2) is 7.38. The van der Waals surface area contributed by atoms with Gasteiger partial charge in [-0.3, -0.25) is 9.69 Å². The minimum absolute atomic E-state index is 0.275. The second-order valence-corrected chi connectivity index (χ2v) is 6.93. The number of carbonyl (C=O) groups is 1. The summed E-state index contributed by atoms with van der Waals surface area (Å²) in [5, 5.41) is 7.76. The number of carbonyl (C=O) groups excluding carboxylic acids is 1. The van der Waals surface area contributed by atoms with E-state index in [9.17, 15) is 4.79 Å². The van der Waals surface area contributed by atoms with Crippen molar-refractivity contribution < 1.29 is 4.79 Å². The lowest BCUT2D eigenvalue weighted by atomic mass is 10.2. The molecule has 0 radical (unpaired) electrons. The lowest BCUT2D eigenvalue weighted by Crippen LogP contribution is -2.51. The fourth-order valence-electron chi connectivity index (χ4n) is 3.27. The van der Waals surface area contributed by atoms with Crippen LogP contribution in [0.4, 0.5) is 0 Å². The van der Waals surface area contributed by atoms with Crippen LogP contribution in [0.3, 0.4) is 0 Å². The van der Waals surface area contributed by atoms with Crippen molar-refractivity contribution in [1.82, 2.24) is 15.1 Å². The summed E-state index contributed by atoms with van der Waals surface area (Å²) in [6, 6.07) is 2.77. The Morgan fingerprint density at radius 1 is 1.24 bits per heavy atom. The topological polar surface area (TPSA) is 35.6 Å². The first-order chi connectivity index (χ1) is 10.3. The van der Waals surface area contributed by atoms with Gasteiger partial charge in [0.15, 0.2) is 0 Å². The Kier molecular flexibility index (Phi) is 5.27. The van der Waals surface area contributed by atoms with Crippen LogP contribution in [0.5, 0.6) is 0 Å². The van der Waals surface area contributed by atoms with Crippen molar-refractivity contribution in [1.29, 1.82) is 0 Å². The number of hydrogen-bond donors (Lipinski definition) is 1. The molecule has 1 aliphatic heterocycles. The first-order valence-corrected chi connectivity index (χ1v) is 9.00. The number of amides is 1. The zero-order valence-corrected chi connectivity index (χ0v) is 13.4. The molecule has 0 unspecified atom stereocenters. The van der Waals surface area contributed by atoms with Crippen LogP contribution in [-0.2, 0) is 11.3 Å². The van der Waals surface area contributed by atoms with Gasteiger partial charge >= 0.3 is 0 Å². The monoisotopic (exact) mass is 307 g/mol. The maximum Gasteiger partial charge on any atom is 0.236 e. The highest BCUT2D eigenvalue weighted by molar-refractivity contribution is 7.07. The summed E-state index contributed by atoms with van der Waals surface area (Å²) in [5.41, 5.74) is 1.39. The number of hydrogen-bond acceptors (Lipinski definition) is 4. The maximum absolute atomic E-state index is 12.2. The third kappa shape index (κ3) is 4.28. The maximum atomic E-state index is 12.2. The van der Waals surface area contributed by atoms with Gasteiger partial charge in [-0.15, -0.1) is 0 Å². The molecule has 2 fully saturated rings. The lowest BCUT2D eigenvalue weighted by Gasteiger charge is -2.34. The van der Waals surface area contributed by atoms with E-state index in [2.05, 4.69) is 27.0 Å². The van der Waals surface area contributed by atoms with E-state index in [0.717, 1.165) is 32.7 Å². The summed E-state index contributed by atoms with van der Waals surface area (Å²) >= 11 is 1.75. The number of thiophene rings is 1. The molecule has 1 aliphatic carbocycles. The molecular weight excluding hydrogens is 282 g/mol. The van der Waals surface area contributed by atoms with Crippen molar-refractivity contribution in [2.24, 2.45) is 0 Å². The minimum Gasteiger partial charge on any atom is -0.339 e. The van der Waals surface area contributed by atoms with E-state index in [1.54, 1.807) is 11.3 Å². The Balaban J connectivity index is 1.37. The molecule has 116 valence electrons. The summed E-state index contributed by atoms with van der Waals surface area (Å²) in [6.07, 6.45) is 5.10. The van der Waals surface area contributed by atoms with Crippen molar-refractivity contribution in [2.45, 2.75) is 38.3 Å². The SMILES string of the molecule is O=C(CNC1CCCC1)N1CCN(Cc2ccsc2)CC1. The Morgan fingerprint density at radius 3 is 2.67 bits per heavy atom. The van der Waals surface area contributed by atoms with Gasteiger partial charge in [-0.2, -0.15) is 11.3 Å². The molecule has 0 bridgehead atoms. The molecule has 1 saturated carbocycles. The van der Waals surface area contributed by atoms with Gasteiger partial charge in [0.2, 0.25) is 5.91 Å². The van der Waals surface area contributed by atoms with E-state index in [4.69, 9.17) is 0 Å². The first kappa shape index (κ1) is 15.0. The Labute approximate surface area is 131 Å². The number of rotatable bonds is 5. The molecular formula is C16H25N3OS. The highest BCUT2D eigenvalue weighted by atomic mass is 32.1. The summed E-state index contributed by atoms with van der Waals surface area (Å²) in [4.78, 5) is 16.7. The van der Waals surface area contributed by atoms with E-state index >= 15 is 0 Å². The molecule has 3 rings (SSSR count). The van der Waals surface area contributed by atoms with Crippen molar-refractivity contribution >= 4 is 17.2 Å². The molecule has 0 spiro atoms. The van der Waals surface area contributed by atoms with Crippen LogP contribution in [0.1, 0.15) is 31.2 Å². The summed E-state index contributed by atoms with van der Waals surface area (Å²) in [5.74, 6) is 0.275. The van der Waals surface area contributed by atoms with Crippen LogP contribution in [0.25, 0.3) is 0 Å². The van der Waals surface area contributed by atoms with Gasteiger partial charge in [0.25, 0.3) is 0 Å².